The maximum Gasteiger partial charge on any atom is 0.186 e. The second-order valence-electron chi connectivity index (χ2n) is 6.23. The van der Waals surface area contributed by atoms with Crippen LogP contribution in [-0.4, -0.2) is 23.8 Å². The van der Waals surface area contributed by atoms with E-state index < -0.39 is 0 Å². The highest BCUT2D eigenvalue weighted by molar-refractivity contribution is 5.32. The zero-order chi connectivity index (χ0) is 16.8. The molecule has 0 aliphatic heterocycles. The number of rotatable bonds is 6. The van der Waals surface area contributed by atoms with E-state index in [4.69, 9.17) is 19.7 Å². The zero-order valence-corrected chi connectivity index (χ0v) is 13.7. The molecular weight excluding hydrogens is 304 g/mol. The summed E-state index contributed by atoms with van der Waals surface area (Å²) in [5.74, 6) is 2.61. The molecule has 1 aliphatic carbocycles. The number of hydrogen-bond acceptors (Lipinski definition) is 4. The van der Waals surface area contributed by atoms with Crippen molar-refractivity contribution >= 4 is 0 Å². The first-order chi connectivity index (χ1) is 11.8. The van der Waals surface area contributed by atoms with Crippen molar-refractivity contribution in [3.05, 3.63) is 59.7 Å². The van der Waals surface area contributed by atoms with E-state index in [-0.39, 0.29) is 13.6 Å². The molecule has 1 aliphatic rings. The van der Waals surface area contributed by atoms with Gasteiger partial charge in [-0.25, -0.2) is 0 Å². The fourth-order valence-corrected chi connectivity index (χ4v) is 3.58. The van der Waals surface area contributed by atoms with E-state index in [1.165, 1.54) is 36.8 Å². The smallest absolute Gasteiger partial charge is 0.186 e. The summed E-state index contributed by atoms with van der Waals surface area (Å²) in [5, 5.41) is 17.6. The molecule has 2 aromatic rings. The van der Waals surface area contributed by atoms with E-state index in [9.17, 15) is 0 Å². The van der Waals surface area contributed by atoms with Gasteiger partial charge in [-0.2, -0.15) is 0 Å². The summed E-state index contributed by atoms with van der Waals surface area (Å²) in [6.45, 7) is -0.570. The van der Waals surface area contributed by atoms with Crippen LogP contribution in [0, 0.1) is 0 Å². The summed E-state index contributed by atoms with van der Waals surface area (Å²) in [4.78, 5) is 0. The van der Waals surface area contributed by atoms with Gasteiger partial charge in [0.1, 0.15) is 11.5 Å². The van der Waals surface area contributed by atoms with Crippen LogP contribution < -0.4 is 9.47 Å². The molecule has 0 spiro atoms. The predicted octanol–water partition coefficient (Wildman–Crippen LogP) is 3.79. The molecule has 0 bridgehead atoms. The minimum atomic E-state index is -0.285. The normalized spacial score (nSPS) is 20.6. The molecular formula is C20H24O4. The first-order valence-electron chi connectivity index (χ1n) is 8.47. The van der Waals surface area contributed by atoms with Crippen molar-refractivity contribution in [2.75, 3.05) is 13.6 Å². The Morgan fingerprint density at radius 1 is 0.625 bits per heavy atom. The Balaban J connectivity index is 1.56. The lowest BCUT2D eigenvalue weighted by Gasteiger charge is -2.29. The van der Waals surface area contributed by atoms with Crippen LogP contribution in [0.15, 0.2) is 48.5 Å². The lowest BCUT2D eigenvalue weighted by Crippen LogP contribution is -2.12. The second kappa shape index (κ2) is 8.18. The van der Waals surface area contributed by atoms with Crippen LogP contribution in [0.4, 0.5) is 0 Å². The summed E-state index contributed by atoms with van der Waals surface area (Å²) in [5.41, 5.74) is 2.70. The van der Waals surface area contributed by atoms with E-state index in [2.05, 4.69) is 24.3 Å². The molecule has 0 saturated heterocycles. The summed E-state index contributed by atoms with van der Waals surface area (Å²) in [7, 11) is 0. The lowest BCUT2D eigenvalue weighted by molar-refractivity contribution is 0.0981. The van der Waals surface area contributed by atoms with Gasteiger partial charge in [0, 0.05) is 0 Å². The van der Waals surface area contributed by atoms with Crippen LogP contribution in [0.3, 0.4) is 0 Å². The highest BCUT2D eigenvalue weighted by Gasteiger charge is 2.23. The molecule has 24 heavy (non-hydrogen) atoms. The molecule has 0 aromatic heterocycles. The van der Waals surface area contributed by atoms with Crippen LogP contribution in [0.5, 0.6) is 11.5 Å². The Morgan fingerprint density at radius 2 is 0.958 bits per heavy atom. The van der Waals surface area contributed by atoms with Crippen LogP contribution >= 0.6 is 0 Å². The summed E-state index contributed by atoms with van der Waals surface area (Å²) in [6.07, 6.45) is 4.72. The molecule has 0 radical (unpaired) electrons. The molecule has 4 heteroatoms. The van der Waals surface area contributed by atoms with Gasteiger partial charge < -0.3 is 19.7 Å². The standard InChI is InChI=1S/C20H24O4/c21-13-23-19-9-5-17(6-10-19)15-1-2-16(4-3-15)18-7-11-20(12-8-18)24-14-22/h5-12,15-16,21-22H,1-4,13-14H2. The Labute approximate surface area is 142 Å². The molecule has 3 rings (SSSR count). The molecule has 0 heterocycles. The van der Waals surface area contributed by atoms with Crippen molar-refractivity contribution in [1.29, 1.82) is 0 Å². The number of aliphatic hydroxyl groups is 2. The maximum absolute atomic E-state index is 8.78. The number of benzene rings is 2. The van der Waals surface area contributed by atoms with Gasteiger partial charge in [-0.05, 0) is 72.9 Å². The monoisotopic (exact) mass is 328 g/mol. The minimum Gasteiger partial charge on any atom is -0.468 e. The largest absolute Gasteiger partial charge is 0.468 e. The SMILES string of the molecule is OCOc1ccc(C2CCC(c3ccc(OCO)cc3)CC2)cc1. The first-order valence-corrected chi connectivity index (χ1v) is 8.47. The third kappa shape index (κ3) is 4.08. The molecule has 0 unspecified atom stereocenters. The van der Waals surface area contributed by atoms with Gasteiger partial charge in [-0.3, -0.25) is 0 Å². The van der Waals surface area contributed by atoms with Gasteiger partial charge in [-0.1, -0.05) is 24.3 Å². The van der Waals surface area contributed by atoms with Crippen molar-refractivity contribution in [3.63, 3.8) is 0 Å². The summed E-state index contributed by atoms with van der Waals surface area (Å²) >= 11 is 0. The van der Waals surface area contributed by atoms with Gasteiger partial charge in [0.15, 0.2) is 13.6 Å². The third-order valence-corrected chi connectivity index (χ3v) is 4.89. The van der Waals surface area contributed by atoms with Gasteiger partial charge in [-0.15, -0.1) is 0 Å². The van der Waals surface area contributed by atoms with Gasteiger partial charge >= 0.3 is 0 Å². The topological polar surface area (TPSA) is 58.9 Å². The summed E-state index contributed by atoms with van der Waals surface area (Å²) in [6, 6.07) is 16.1. The van der Waals surface area contributed by atoms with Crippen molar-refractivity contribution in [2.45, 2.75) is 37.5 Å². The van der Waals surface area contributed by atoms with Crippen LogP contribution in [-0.2, 0) is 0 Å². The van der Waals surface area contributed by atoms with Crippen LogP contribution in [0.25, 0.3) is 0 Å². The van der Waals surface area contributed by atoms with E-state index in [0.29, 0.717) is 23.3 Å². The zero-order valence-electron chi connectivity index (χ0n) is 13.7. The molecule has 0 atom stereocenters. The average molecular weight is 328 g/mol. The molecule has 1 saturated carbocycles. The lowest BCUT2D eigenvalue weighted by atomic mass is 9.76. The van der Waals surface area contributed by atoms with Gasteiger partial charge in [0.2, 0.25) is 0 Å². The average Bonchev–Trinajstić information content (AvgIpc) is 2.64. The Morgan fingerprint density at radius 3 is 1.25 bits per heavy atom. The molecule has 2 N–H and O–H groups in total. The molecule has 4 nitrogen and oxygen atoms in total. The molecule has 0 amide bonds. The van der Waals surface area contributed by atoms with E-state index in [1.807, 2.05) is 24.3 Å². The van der Waals surface area contributed by atoms with Crippen LogP contribution in [0.2, 0.25) is 0 Å². The minimum absolute atomic E-state index is 0.285. The number of aliphatic hydroxyl groups excluding tert-OH is 2. The van der Waals surface area contributed by atoms with E-state index in [0.717, 1.165) is 0 Å². The second-order valence-corrected chi connectivity index (χ2v) is 6.23. The predicted molar refractivity (Wildman–Crippen MR) is 92.3 cm³/mol. The Kier molecular flexibility index (Phi) is 5.72. The van der Waals surface area contributed by atoms with E-state index >= 15 is 0 Å². The summed E-state index contributed by atoms with van der Waals surface area (Å²) < 4.78 is 10.2. The van der Waals surface area contributed by atoms with Gasteiger partial charge in [0.05, 0.1) is 0 Å². The first kappa shape index (κ1) is 16.8. The van der Waals surface area contributed by atoms with Crippen molar-refractivity contribution < 1.29 is 19.7 Å². The third-order valence-electron chi connectivity index (χ3n) is 4.89. The fourth-order valence-electron chi connectivity index (χ4n) is 3.58. The Hall–Kier alpha value is -2.04. The van der Waals surface area contributed by atoms with Crippen molar-refractivity contribution in [2.24, 2.45) is 0 Å². The van der Waals surface area contributed by atoms with Crippen molar-refractivity contribution in [1.82, 2.24) is 0 Å². The quantitative estimate of drug-likeness (QED) is 0.792. The van der Waals surface area contributed by atoms with Crippen LogP contribution in [0.1, 0.15) is 48.6 Å². The highest BCUT2D eigenvalue weighted by atomic mass is 16.6. The number of hydrogen-bond donors (Lipinski definition) is 2. The van der Waals surface area contributed by atoms with E-state index in [1.54, 1.807) is 0 Å². The number of ether oxygens (including phenoxy) is 2. The molecule has 2 aromatic carbocycles. The fraction of sp³-hybridized carbons (Fsp3) is 0.400. The van der Waals surface area contributed by atoms with Gasteiger partial charge in [0.25, 0.3) is 0 Å². The molecule has 128 valence electrons. The Bertz CT molecular complexity index is 556. The highest BCUT2D eigenvalue weighted by Crippen LogP contribution is 2.40. The maximum atomic E-state index is 8.78. The molecule has 1 fully saturated rings. The van der Waals surface area contributed by atoms with Crippen molar-refractivity contribution in [3.8, 4) is 11.5 Å².